The summed E-state index contributed by atoms with van der Waals surface area (Å²) in [5, 5.41) is 23.4. The van der Waals surface area contributed by atoms with Crippen LogP contribution in [0.2, 0.25) is 0 Å². The van der Waals surface area contributed by atoms with E-state index in [-0.39, 0.29) is 12.5 Å². The van der Waals surface area contributed by atoms with Crippen molar-refractivity contribution in [2.24, 2.45) is 5.92 Å². The molecule has 5 nitrogen and oxygen atoms in total. The molecule has 0 radical (unpaired) electrons. The zero-order valence-corrected chi connectivity index (χ0v) is 11.0. The van der Waals surface area contributed by atoms with E-state index in [4.69, 9.17) is 10.5 Å². The lowest BCUT2D eigenvalue weighted by Crippen LogP contribution is -2.32. The van der Waals surface area contributed by atoms with Gasteiger partial charge in [0, 0.05) is 12.2 Å². The van der Waals surface area contributed by atoms with Crippen LogP contribution in [0.4, 0.5) is 5.69 Å². The number of nitrogens with zero attached hydrogens (tertiary/aromatic N) is 2. The molecule has 98 valence electrons. The fourth-order valence-corrected chi connectivity index (χ4v) is 1.41. The fourth-order valence-electron chi connectivity index (χ4n) is 1.41. The first-order chi connectivity index (χ1) is 9.06. The number of nitrogens with one attached hydrogen (secondary N) is 2. The van der Waals surface area contributed by atoms with Crippen molar-refractivity contribution in [3.05, 3.63) is 29.3 Å². The molecule has 0 bridgehead atoms. The number of carbonyl (C=O) groups excluding carboxylic acids is 1. The van der Waals surface area contributed by atoms with Gasteiger partial charge in [-0.15, -0.1) is 0 Å². The molecule has 1 amide bonds. The molecular formula is C14H16N4O. The number of hydrogen-bond donors (Lipinski definition) is 2. The molecule has 0 aliphatic heterocycles. The van der Waals surface area contributed by atoms with E-state index in [9.17, 15) is 4.79 Å². The number of hydrogen-bond acceptors (Lipinski definition) is 4. The van der Waals surface area contributed by atoms with Gasteiger partial charge in [-0.1, -0.05) is 13.8 Å². The highest BCUT2D eigenvalue weighted by atomic mass is 16.1. The van der Waals surface area contributed by atoms with Crippen molar-refractivity contribution in [2.45, 2.75) is 13.8 Å². The summed E-state index contributed by atoms with van der Waals surface area (Å²) in [6.07, 6.45) is 0. The number of anilines is 1. The zero-order chi connectivity index (χ0) is 14.3. The molecule has 19 heavy (non-hydrogen) atoms. The Hall–Kier alpha value is -2.53. The van der Waals surface area contributed by atoms with Gasteiger partial charge in [0.05, 0.1) is 17.7 Å². The first-order valence-electron chi connectivity index (χ1n) is 6.01. The van der Waals surface area contributed by atoms with Crippen LogP contribution >= 0.6 is 0 Å². The maximum Gasteiger partial charge on any atom is 0.239 e. The largest absolute Gasteiger partial charge is 0.376 e. The van der Waals surface area contributed by atoms with Crippen LogP contribution in [0.3, 0.4) is 0 Å². The SMILES string of the molecule is CC(C)CNC(=O)CNc1ccc(C#N)c(C#N)c1. The highest BCUT2D eigenvalue weighted by molar-refractivity contribution is 5.80. The Morgan fingerprint density at radius 3 is 2.53 bits per heavy atom. The molecule has 0 unspecified atom stereocenters. The van der Waals surface area contributed by atoms with Gasteiger partial charge in [0.2, 0.25) is 5.91 Å². The summed E-state index contributed by atoms with van der Waals surface area (Å²) in [6, 6.07) is 8.70. The van der Waals surface area contributed by atoms with Gasteiger partial charge in [-0.2, -0.15) is 10.5 Å². The molecule has 0 atom stereocenters. The Labute approximate surface area is 112 Å². The second kappa shape index (κ2) is 7.03. The summed E-state index contributed by atoms with van der Waals surface area (Å²) in [7, 11) is 0. The van der Waals surface area contributed by atoms with Gasteiger partial charge in [-0.05, 0) is 24.1 Å². The molecular weight excluding hydrogens is 240 g/mol. The Morgan fingerprint density at radius 1 is 1.26 bits per heavy atom. The zero-order valence-electron chi connectivity index (χ0n) is 11.0. The van der Waals surface area contributed by atoms with Crippen molar-refractivity contribution in [3.8, 4) is 12.1 Å². The highest BCUT2D eigenvalue weighted by Gasteiger charge is 2.05. The van der Waals surface area contributed by atoms with Crippen LogP contribution in [0.5, 0.6) is 0 Å². The third kappa shape index (κ3) is 4.69. The summed E-state index contributed by atoms with van der Waals surface area (Å²) in [4.78, 5) is 11.5. The average Bonchev–Trinajstić information content (AvgIpc) is 2.42. The van der Waals surface area contributed by atoms with Crippen LogP contribution in [0.25, 0.3) is 0 Å². The van der Waals surface area contributed by atoms with Gasteiger partial charge in [0.1, 0.15) is 12.1 Å². The predicted molar refractivity (Wildman–Crippen MR) is 72.2 cm³/mol. The van der Waals surface area contributed by atoms with Crippen LogP contribution < -0.4 is 10.6 Å². The Morgan fingerprint density at radius 2 is 1.95 bits per heavy atom. The second-order valence-corrected chi connectivity index (χ2v) is 4.54. The lowest BCUT2D eigenvalue weighted by atomic mass is 10.1. The maximum atomic E-state index is 11.5. The van der Waals surface area contributed by atoms with Gasteiger partial charge in [0.25, 0.3) is 0 Å². The molecule has 0 saturated heterocycles. The van der Waals surface area contributed by atoms with Crippen molar-refractivity contribution in [2.75, 3.05) is 18.4 Å². The van der Waals surface area contributed by atoms with E-state index in [1.165, 1.54) is 0 Å². The van der Waals surface area contributed by atoms with Crippen molar-refractivity contribution in [3.63, 3.8) is 0 Å². The summed E-state index contributed by atoms with van der Waals surface area (Å²) < 4.78 is 0. The van der Waals surface area contributed by atoms with Gasteiger partial charge >= 0.3 is 0 Å². The van der Waals surface area contributed by atoms with Crippen LogP contribution in [0.15, 0.2) is 18.2 Å². The molecule has 2 N–H and O–H groups in total. The van der Waals surface area contributed by atoms with Crippen molar-refractivity contribution in [1.29, 1.82) is 10.5 Å². The van der Waals surface area contributed by atoms with Crippen molar-refractivity contribution in [1.82, 2.24) is 5.32 Å². The second-order valence-electron chi connectivity index (χ2n) is 4.54. The van der Waals surface area contributed by atoms with Crippen LogP contribution in [-0.2, 0) is 4.79 Å². The van der Waals surface area contributed by atoms with E-state index in [1.807, 2.05) is 26.0 Å². The average molecular weight is 256 g/mol. The topological polar surface area (TPSA) is 88.7 Å². The van der Waals surface area contributed by atoms with Gasteiger partial charge in [0.15, 0.2) is 0 Å². The summed E-state index contributed by atoms with van der Waals surface area (Å²) in [6.45, 7) is 4.82. The number of rotatable bonds is 5. The quantitative estimate of drug-likeness (QED) is 0.837. The molecule has 1 aromatic rings. The summed E-state index contributed by atoms with van der Waals surface area (Å²) >= 11 is 0. The van der Waals surface area contributed by atoms with Gasteiger partial charge in [-0.25, -0.2) is 0 Å². The summed E-state index contributed by atoms with van der Waals surface area (Å²) in [5.74, 6) is 0.306. The molecule has 0 aromatic heterocycles. The molecule has 5 heteroatoms. The normalized spacial score (nSPS) is 9.53. The minimum atomic E-state index is -0.100. The smallest absolute Gasteiger partial charge is 0.239 e. The standard InChI is InChI=1S/C14H16N4O/c1-10(2)8-18-14(19)9-17-13-4-3-11(6-15)12(5-13)7-16/h3-5,10,17H,8-9H2,1-2H3,(H,18,19). The molecule has 1 rings (SSSR count). The van der Waals surface area contributed by atoms with E-state index in [2.05, 4.69) is 10.6 Å². The Bertz CT molecular complexity index is 537. The van der Waals surface area contributed by atoms with E-state index < -0.39 is 0 Å². The maximum absolute atomic E-state index is 11.5. The molecule has 0 heterocycles. The molecule has 0 fully saturated rings. The molecule has 0 spiro atoms. The lowest BCUT2D eigenvalue weighted by molar-refractivity contribution is -0.119. The van der Waals surface area contributed by atoms with E-state index in [0.717, 1.165) is 0 Å². The molecule has 1 aromatic carbocycles. The number of carbonyl (C=O) groups is 1. The number of amides is 1. The lowest BCUT2D eigenvalue weighted by Gasteiger charge is -2.09. The van der Waals surface area contributed by atoms with Crippen LogP contribution in [-0.4, -0.2) is 19.0 Å². The summed E-state index contributed by atoms with van der Waals surface area (Å²) in [5.41, 5.74) is 1.28. The third-order valence-electron chi connectivity index (χ3n) is 2.42. The number of benzene rings is 1. The Balaban J connectivity index is 2.57. The minimum absolute atomic E-state index is 0.100. The monoisotopic (exact) mass is 256 g/mol. The van der Waals surface area contributed by atoms with Crippen LogP contribution in [0.1, 0.15) is 25.0 Å². The van der Waals surface area contributed by atoms with Crippen LogP contribution in [0, 0.1) is 28.6 Å². The first-order valence-corrected chi connectivity index (χ1v) is 6.01. The van der Waals surface area contributed by atoms with Crippen molar-refractivity contribution < 1.29 is 4.79 Å². The Kier molecular flexibility index (Phi) is 5.37. The van der Waals surface area contributed by atoms with Crippen molar-refractivity contribution >= 4 is 11.6 Å². The third-order valence-corrected chi connectivity index (χ3v) is 2.42. The molecule has 0 saturated carbocycles. The molecule has 0 aliphatic carbocycles. The van der Waals surface area contributed by atoms with E-state index >= 15 is 0 Å². The van der Waals surface area contributed by atoms with Gasteiger partial charge in [-0.3, -0.25) is 4.79 Å². The van der Waals surface area contributed by atoms with E-state index in [0.29, 0.717) is 29.3 Å². The highest BCUT2D eigenvalue weighted by Crippen LogP contribution is 2.14. The predicted octanol–water partition coefficient (Wildman–Crippen LogP) is 1.61. The molecule has 0 aliphatic rings. The van der Waals surface area contributed by atoms with E-state index in [1.54, 1.807) is 18.2 Å². The van der Waals surface area contributed by atoms with Gasteiger partial charge < -0.3 is 10.6 Å². The first kappa shape index (κ1) is 14.5. The fraction of sp³-hybridized carbons (Fsp3) is 0.357. The number of nitriles is 2. The minimum Gasteiger partial charge on any atom is -0.376 e.